The van der Waals surface area contributed by atoms with Crippen LogP contribution in [0.3, 0.4) is 0 Å². The molecule has 0 bridgehead atoms. The minimum Gasteiger partial charge on any atom is -0.267 e. The van der Waals surface area contributed by atoms with E-state index in [4.69, 9.17) is 0 Å². The van der Waals surface area contributed by atoms with Gasteiger partial charge in [-0.25, -0.2) is 13.1 Å². The Morgan fingerprint density at radius 1 is 0.879 bits per heavy atom. The minimum atomic E-state index is -4.63. The molecule has 0 atom stereocenters. The van der Waals surface area contributed by atoms with Crippen LogP contribution in [-0.4, -0.2) is 18.2 Å². The topological polar surface area (TPSA) is 64.0 Å². The molecule has 4 rings (SSSR count). The molecular formula is C24H20F3N3O2S. The van der Waals surface area contributed by atoms with Crippen LogP contribution in [0.5, 0.6) is 0 Å². The molecule has 3 aromatic carbocycles. The molecule has 0 radical (unpaired) electrons. The maximum Gasteiger partial charge on any atom is 0.416 e. The number of alkyl halides is 3. The molecule has 5 nitrogen and oxygen atoms in total. The zero-order valence-electron chi connectivity index (χ0n) is 17.3. The molecule has 0 saturated heterocycles. The van der Waals surface area contributed by atoms with Crippen LogP contribution < -0.4 is 4.72 Å². The Bertz CT molecular complexity index is 1340. The second-order valence-electron chi connectivity index (χ2n) is 7.40. The molecule has 0 saturated carbocycles. The Labute approximate surface area is 189 Å². The van der Waals surface area contributed by atoms with E-state index in [1.165, 1.54) is 0 Å². The number of benzene rings is 3. The summed E-state index contributed by atoms with van der Waals surface area (Å²) in [6.45, 7) is 0.360. The average Bonchev–Trinajstić information content (AvgIpc) is 3.21. The second kappa shape index (κ2) is 9.21. The molecule has 0 amide bonds. The highest BCUT2D eigenvalue weighted by Gasteiger charge is 2.31. The van der Waals surface area contributed by atoms with Crippen LogP contribution in [0, 0.1) is 0 Å². The lowest BCUT2D eigenvalue weighted by molar-refractivity contribution is -0.137. The molecule has 9 heteroatoms. The van der Waals surface area contributed by atoms with Gasteiger partial charge in [0.1, 0.15) is 0 Å². The lowest BCUT2D eigenvalue weighted by atomic mass is 10.1. The van der Waals surface area contributed by atoms with Crippen molar-refractivity contribution in [3.63, 3.8) is 0 Å². The van der Waals surface area contributed by atoms with Gasteiger partial charge in [-0.1, -0.05) is 66.7 Å². The standard InChI is InChI=1S/C24H20F3N3O2S/c25-24(26,27)21-12-7-13-22(14-21)33(31,32)28-15-20-17-30(16-18-8-3-1-4-9-18)29-23(20)19-10-5-2-6-11-19/h1-14,17,28H,15-16H2. The van der Waals surface area contributed by atoms with Crippen molar-refractivity contribution in [2.75, 3.05) is 0 Å². The van der Waals surface area contributed by atoms with Gasteiger partial charge in [0.25, 0.3) is 0 Å². The molecule has 0 unspecified atom stereocenters. The fraction of sp³-hybridized carbons (Fsp3) is 0.125. The normalized spacial score (nSPS) is 12.1. The predicted molar refractivity (Wildman–Crippen MR) is 119 cm³/mol. The molecule has 33 heavy (non-hydrogen) atoms. The number of hydrogen-bond acceptors (Lipinski definition) is 3. The van der Waals surface area contributed by atoms with Gasteiger partial charge in [0.15, 0.2) is 0 Å². The molecule has 0 fully saturated rings. The maximum absolute atomic E-state index is 13.0. The van der Waals surface area contributed by atoms with Crippen molar-refractivity contribution in [2.45, 2.75) is 24.2 Å². The number of rotatable bonds is 7. The van der Waals surface area contributed by atoms with Gasteiger partial charge in [0.05, 0.1) is 22.7 Å². The molecule has 0 aliphatic heterocycles. The van der Waals surface area contributed by atoms with E-state index in [1.54, 1.807) is 10.9 Å². The molecule has 1 aromatic heterocycles. The highest BCUT2D eigenvalue weighted by molar-refractivity contribution is 7.89. The number of nitrogens with one attached hydrogen (secondary N) is 1. The highest BCUT2D eigenvalue weighted by Crippen LogP contribution is 2.30. The highest BCUT2D eigenvalue weighted by atomic mass is 32.2. The van der Waals surface area contributed by atoms with Crippen molar-refractivity contribution < 1.29 is 21.6 Å². The SMILES string of the molecule is O=S(=O)(NCc1cn(Cc2ccccc2)nc1-c1ccccc1)c1cccc(C(F)(F)F)c1. The van der Waals surface area contributed by atoms with Crippen molar-refractivity contribution in [1.29, 1.82) is 0 Å². The van der Waals surface area contributed by atoms with Crippen molar-refractivity contribution >= 4 is 10.0 Å². The van der Waals surface area contributed by atoms with Crippen molar-refractivity contribution in [3.8, 4) is 11.3 Å². The molecule has 0 aliphatic carbocycles. The van der Waals surface area contributed by atoms with Crippen molar-refractivity contribution in [2.24, 2.45) is 0 Å². The summed E-state index contributed by atoms with van der Waals surface area (Å²) in [4.78, 5) is -0.449. The summed E-state index contributed by atoms with van der Waals surface area (Å²) in [5.41, 5.74) is 2.00. The first-order valence-corrected chi connectivity index (χ1v) is 11.5. The third-order valence-electron chi connectivity index (χ3n) is 5.00. The van der Waals surface area contributed by atoms with E-state index in [2.05, 4.69) is 9.82 Å². The van der Waals surface area contributed by atoms with Gasteiger partial charge in [-0.05, 0) is 23.8 Å². The molecule has 170 valence electrons. The number of aromatic nitrogens is 2. The second-order valence-corrected chi connectivity index (χ2v) is 9.17. The van der Waals surface area contributed by atoms with Gasteiger partial charge in [-0.15, -0.1) is 0 Å². The van der Waals surface area contributed by atoms with E-state index < -0.39 is 26.7 Å². The maximum atomic E-state index is 13.0. The summed E-state index contributed by atoms with van der Waals surface area (Å²) in [6, 6.07) is 22.6. The number of sulfonamides is 1. The van der Waals surface area contributed by atoms with Crippen molar-refractivity contribution in [3.05, 3.63) is 108 Å². The van der Waals surface area contributed by atoms with Crippen LogP contribution in [0.15, 0.2) is 96.0 Å². The quantitative estimate of drug-likeness (QED) is 0.408. The zero-order chi connectivity index (χ0) is 23.5. The smallest absolute Gasteiger partial charge is 0.267 e. The van der Waals surface area contributed by atoms with Gasteiger partial charge in [-0.3, -0.25) is 4.68 Å². The third kappa shape index (κ3) is 5.50. The number of nitrogens with zero attached hydrogens (tertiary/aromatic N) is 2. The number of hydrogen-bond donors (Lipinski definition) is 1. The van der Waals surface area contributed by atoms with E-state index in [-0.39, 0.29) is 6.54 Å². The minimum absolute atomic E-state index is 0.127. The van der Waals surface area contributed by atoms with Crippen molar-refractivity contribution in [1.82, 2.24) is 14.5 Å². The van der Waals surface area contributed by atoms with Gasteiger partial charge in [0, 0.05) is 23.9 Å². The third-order valence-corrected chi connectivity index (χ3v) is 6.40. The Morgan fingerprint density at radius 3 is 2.21 bits per heavy atom. The summed E-state index contributed by atoms with van der Waals surface area (Å²) in [5, 5.41) is 4.63. The monoisotopic (exact) mass is 471 g/mol. The average molecular weight is 472 g/mol. The first-order chi connectivity index (χ1) is 15.7. The summed E-state index contributed by atoms with van der Waals surface area (Å²) in [5.74, 6) is 0. The van der Waals surface area contributed by atoms with Crippen LogP contribution >= 0.6 is 0 Å². The lowest BCUT2D eigenvalue weighted by Gasteiger charge is -2.10. The summed E-state index contributed by atoms with van der Waals surface area (Å²) in [6.07, 6.45) is -2.89. The van der Waals surface area contributed by atoms with Crippen LogP contribution in [0.4, 0.5) is 13.2 Å². The van der Waals surface area contributed by atoms with Gasteiger partial charge in [-0.2, -0.15) is 18.3 Å². The van der Waals surface area contributed by atoms with Crippen LogP contribution in [-0.2, 0) is 29.3 Å². The van der Waals surface area contributed by atoms with Crippen LogP contribution in [0.25, 0.3) is 11.3 Å². The summed E-state index contributed by atoms with van der Waals surface area (Å²) < 4.78 is 68.6. The molecule has 1 N–H and O–H groups in total. The predicted octanol–water partition coefficient (Wildman–Crippen LogP) is 5.10. The molecule has 4 aromatic rings. The Balaban J connectivity index is 1.62. The van der Waals surface area contributed by atoms with E-state index in [9.17, 15) is 21.6 Å². The van der Waals surface area contributed by atoms with Crippen LogP contribution in [0.2, 0.25) is 0 Å². The van der Waals surface area contributed by atoms with E-state index >= 15 is 0 Å². The fourth-order valence-electron chi connectivity index (χ4n) is 3.38. The number of halogens is 3. The van der Waals surface area contributed by atoms with E-state index in [1.807, 2.05) is 60.7 Å². The van der Waals surface area contributed by atoms with Gasteiger partial charge < -0.3 is 0 Å². The first kappa shape index (κ1) is 22.8. The Hall–Kier alpha value is -3.43. The van der Waals surface area contributed by atoms with Gasteiger partial charge in [0.2, 0.25) is 10.0 Å². The fourth-order valence-corrected chi connectivity index (χ4v) is 4.43. The molecule has 0 spiro atoms. The summed E-state index contributed by atoms with van der Waals surface area (Å²) >= 11 is 0. The largest absolute Gasteiger partial charge is 0.416 e. The van der Waals surface area contributed by atoms with E-state index in [0.29, 0.717) is 23.9 Å². The first-order valence-electron chi connectivity index (χ1n) is 10.0. The Kier molecular flexibility index (Phi) is 6.35. The lowest BCUT2D eigenvalue weighted by Crippen LogP contribution is -2.23. The molecule has 0 aliphatic rings. The van der Waals surface area contributed by atoms with Crippen LogP contribution in [0.1, 0.15) is 16.7 Å². The Morgan fingerprint density at radius 2 is 1.55 bits per heavy atom. The molecular weight excluding hydrogens is 451 g/mol. The molecule has 1 heterocycles. The summed E-state index contributed by atoms with van der Waals surface area (Å²) in [7, 11) is -4.18. The van der Waals surface area contributed by atoms with E-state index in [0.717, 1.165) is 29.3 Å². The zero-order valence-corrected chi connectivity index (χ0v) is 18.1. The van der Waals surface area contributed by atoms with Gasteiger partial charge >= 0.3 is 6.18 Å².